The molecule has 0 unspecified atom stereocenters. The molecule has 0 saturated carbocycles. The molecular weight excluding hydrogens is 288 g/mol. The van der Waals surface area contributed by atoms with E-state index < -0.39 is 0 Å². The molecule has 0 aromatic heterocycles. The lowest BCUT2D eigenvalue weighted by molar-refractivity contribution is 0.0922. The summed E-state index contributed by atoms with van der Waals surface area (Å²) in [5.74, 6) is -0.0547. The monoisotopic (exact) mass is 310 g/mol. The van der Waals surface area contributed by atoms with Gasteiger partial charge in [0.2, 0.25) is 0 Å². The lowest BCUT2D eigenvalue weighted by atomic mass is 10.1. The molecule has 0 fully saturated rings. The van der Waals surface area contributed by atoms with Crippen LogP contribution in [0.25, 0.3) is 0 Å². The first kappa shape index (κ1) is 15.6. The van der Waals surface area contributed by atoms with Gasteiger partial charge in [-0.3, -0.25) is 4.79 Å². The summed E-state index contributed by atoms with van der Waals surface area (Å²) in [5.41, 5.74) is 4.59. The SMILES string of the molecule is CCOCCNC(=O)c1ccc(N2Cc3ccccc3C2)cc1. The fraction of sp³-hybridized carbons (Fsp3) is 0.316. The highest BCUT2D eigenvalue weighted by molar-refractivity contribution is 5.94. The van der Waals surface area contributed by atoms with Crippen molar-refractivity contribution in [1.82, 2.24) is 5.32 Å². The minimum Gasteiger partial charge on any atom is -0.380 e. The molecule has 0 bridgehead atoms. The summed E-state index contributed by atoms with van der Waals surface area (Å²) in [6, 6.07) is 16.3. The molecule has 0 atom stereocenters. The minimum atomic E-state index is -0.0547. The van der Waals surface area contributed by atoms with Gasteiger partial charge >= 0.3 is 0 Å². The zero-order valence-electron chi connectivity index (χ0n) is 13.4. The lowest BCUT2D eigenvalue weighted by Gasteiger charge is -2.18. The van der Waals surface area contributed by atoms with Gasteiger partial charge in [-0.15, -0.1) is 0 Å². The largest absolute Gasteiger partial charge is 0.380 e. The van der Waals surface area contributed by atoms with E-state index in [-0.39, 0.29) is 5.91 Å². The van der Waals surface area contributed by atoms with Crippen molar-refractivity contribution < 1.29 is 9.53 Å². The van der Waals surface area contributed by atoms with Gasteiger partial charge in [0, 0.05) is 37.5 Å². The maximum absolute atomic E-state index is 12.0. The number of ether oxygens (including phenoxy) is 1. The Morgan fingerprint density at radius 1 is 1.09 bits per heavy atom. The third-order valence-electron chi connectivity index (χ3n) is 4.07. The first-order valence-corrected chi connectivity index (χ1v) is 8.05. The standard InChI is InChI=1S/C19H22N2O2/c1-2-23-12-11-20-19(22)15-7-9-18(10-8-15)21-13-16-5-3-4-6-17(16)14-21/h3-10H,2,11-14H2,1H3,(H,20,22). The molecule has 4 heteroatoms. The van der Waals surface area contributed by atoms with E-state index in [9.17, 15) is 4.79 Å². The van der Waals surface area contributed by atoms with Crippen LogP contribution in [0.5, 0.6) is 0 Å². The van der Waals surface area contributed by atoms with E-state index in [0.717, 1.165) is 18.8 Å². The van der Waals surface area contributed by atoms with Crippen LogP contribution in [0.1, 0.15) is 28.4 Å². The summed E-state index contributed by atoms with van der Waals surface area (Å²) in [6.45, 7) is 5.55. The Labute approximate surface area is 137 Å². The predicted molar refractivity (Wildman–Crippen MR) is 91.6 cm³/mol. The average Bonchev–Trinajstić information content (AvgIpc) is 3.03. The summed E-state index contributed by atoms with van der Waals surface area (Å²) in [5, 5.41) is 2.86. The number of fused-ring (bicyclic) bond motifs is 1. The number of carbonyl (C=O) groups excluding carboxylic acids is 1. The molecule has 0 aliphatic carbocycles. The second-order valence-corrected chi connectivity index (χ2v) is 5.62. The highest BCUT2D eigenvalue weighted by Crippen LogP contribution is 2.28. The smallest absolute Gasteiger partial charge is 0.251 e. The average molecular weight is 310 g/mol. The van der Waals surface area contributed by atoms with Crippen molar-refractivity contribution in [2.45, 2.75) is 20.0 Å². The second-order valence-electron chi connectivity index (χ2n) is 5.62. The van der Waals surface area contributed by atoms with E-state index in [1.807, 2.05) is 31.2 Å². The van der Waals surface area contributed by atoms with Gasteiger partial charge in [-0.25, -0.2) is 0 Å². The fourth-order valence-electron chi connectivity index (χ4n) is 2.82. The Bertz CT molecular complexity index is 642. The maximum Gasteiger partial charge on any atom is 0.251 e. The number of nitrogens with one attached hydrogen (secondary N) is 1. The molecule has 1 aliphatic rings. The number of hydrogen-bond donors (Lipinski definition) is 1. The molecule has 23 heavy (non-hydrogen) atoms. The van der Waals surface area contributed by atoms with E-state index in [0.29, 0.717) is 25.3 Å². The number of nitrogens with zero attached hydrogens (tertiary/aromatic N) is 1. The highest BCUT2D eigenvalue weighted by atomic mass is 16.5. The lowest BCUT2D eigenvalue weighted by Crippen LogP contribution is -2.27. The van der Waals surface area contributed by atoms with Crippen molar-refractivity contribution in [3.05, 3.63) is 65.2 Å². The summed E-state index contributed by atoms with van der Waals surface area (Å²) < 4.78 is 5.22. The zero-order chi connectivity index (χ0) is 16.1. The van der Waals surface area contributed by atoms with Crippen LogP contribution in [0.4, 0.5) is 5.69 Å². The molecule has 1 amide bonds. The molecule has 1 N–H and O–H groups in total. The van der Waals surface area contributed by atoms with E-state index in [2.05, 4.69) is 34.5 Å². The van der Waals surface area contributed by atoms with Gasteiger partial charge in [-0.05, 0) is 42.3 Å². The Balaban J connectivity index is 1.59. The van der Waals surface area contributed by atoms with Crippen molar-refractivity contribution in [3.63, 3.8) is 0 Å². The first-order valence-electron chi connectivity index (χ1n) is 8.05. The molecule has 0 spiro atoms. The number of rotatable bonds is 6. The molecule has 2 aromatic carbocycles. The Morgan fingerprint density at radius 2 is 1.74 bits per heavy atom. The molecule has 0 saturated heterocycles. The van der Waals surface area contributed by atoms with Gasteiger partial charge in [0.25, 0.3) is 5.91 Å². The van der Waals surface area contributed by atoms with Gasteiger partial charge in [0.05, 0.1) is 6.61 Å². The molecule has 2 aromatic rings. The van der Waals surface area contributed by atoms with Crippen molar-refractivity contribution in [2.24, 2.45) is 0 Å². The molecule has 0 radical (unpaired) electrons. The van der Waals surface area contributed by atoms with E-state index in [1.165, 1.54) is 11.1 Å². The topological polar surface area (TPSA) is 41.6 Å². The second kappa shape index (κ2) is 7.29. The minimum absolute atomic E-state index is 0.0547. The molecule has 3 rings (SSSR count). The van der Waals surface area contributed by atoms with Crippen molar-refractivity contribution in [3.8, 4) is 0 Å². The van der Waals surface area contributed by atoms with E-state index in [1.54, 1.807) is 0 Å². The maximum atomic E-state index is 12.0. The van der Waals surface area contributed by atoms with Crippen LogP contribution < -0.4 is 10.2 Å². The predicted octanol–water partition coefficient (Wildman–Crippen LogP) is 2.97. The van der Waals surface area contributed by atoms with E-state index >= 15 is 0 Å². The molecule has 1 aliphatic heterocycles. The molecule has 4 nitrogen and oxygen atoms in total. The third-order valence-corrected chi connectivity index (χ3v) is 4.07. The zero-order valence-corrected chi connectivity index (χ0v) is 13.4. The summed E-state index contributed by atoms with van der Waals surface area (Å²) in [4.78, 5) is 14.4. The number of benzene rings is 2. The van der Waals surface area contributed by atoms with Gasteiger partial charge in [0.1, 0.15) is 0 Å². The summed E-state index contributed by atoms with van der Waals surface area (Å²) in [6.07, 6.45) is 0. The summed E-state index contributed by atoms with van der Waals surface area (Å²) >= 11 is 0. The van der Waals surface area contributed by atoms with Crippen LogP contribution in [0.2, 0.25) is 0 Å². The van der Waals surface area contributed by atoms with Gasteiger partial charge < -0.3 is 15.0 Å². The van der Waals surface area contributed by atoms with Crippen molar-refractivity contribution >= 4 is 11.6 Å². The van der Waals surface area contributed by atoms with Gasteiger partial charge in [-0.2, -0.15) is 0 Å². The van der Waals surface area contributed by atoms with Gasteiger partial charge in [0.15, 0.2) is 0 Å². The Morgan fingerprint density at radius 3 is 2.35 bits per heavy atom. The van der Waals surface area contributed by atoms with Crippen LogP contribution >= 0.6 is 0 Å². The summed E-state index contributed by atoms with van der Waals surface area (Å²) in [7, 11) is 0. The molecule has 1 heterocycles. The highest BCUT2D eigenvalue weighted by Gasteiger charge is 2.18. The fourth-order valence-corrected chi connectivity index (χ4v) is 2.82. The van der Waals surface area contributed by atoms with E-state index in [4.69, 9.17) is 4.74 Å². The van der Waals surface area contributed by atoms with Crippen LogP contribution in [-0.4, -0.2) is 25.7 Å². The van der Waals surface area contributed by atoms with Gasteiger partial charge in [-0.1, -0.05) is 24.3 Å². The van der Waals surface area contributed by atoms with Crippen LogP contribution in [0, 0.1) is 0 Å². The van der Waals surface area contributed by atoms with Crippen LogP contribution in [0.15, 0.2) is 48.5 Å². The Hall–Kier alpha value is -2.33. The van der Waals surface area contributed by atoms with Crippen LogP contribution in [0.3, 0.4) is 0 Å². The normalized spacial score (nSPS) is 13.0. The first-order chi connectivity index (χ1) is 11.3. The van der Waals surface area contributed by atoms with Crippen LogP contribution in [-0.2, 0) is 17.8 Å². The molecule has 120 valence electrons. The number of hydrogen-bond acceptors (Lipinski definition) is 3. The number of anilines is 1. The third kappa shape index (κ3) is 3.71. The van der Waals surface area contributed by atoms with Crippen molar-refractivity contribution in [2.75, 3.05) is 24.7 Å². The quantitative estimate of drug-likeness (QED) is 0.834. The number of carbonyl (C=O) groups is 1. The number of amides is 1. The van der Waals surface area contributed by atoms with Crippen molar-refractivity contribution in [1.29, 1.82) is 0 Å². The Kier molecular flexibility index (Phi) is 4.93. The molecular formula is C19H22N2O2.